The third-order valence-electron chi connectivity index (χ3n) is 5.40. The maximum Gasteiger partial charge on any atom is 0.194 e. The van der Waals surface area contributed by atoms with E-state index in [2.05, 4.69) is 57.9 Å². The number of hydrogen-bond acceptors (Lipinski definition) is 4. The number of nitrogens with one attached hydrogen (secondary N) is 2. The fourth-order valence-electron chi connectivity index (χ4n) is 3.71. The van der Waals surface area contributed by atoms with Crippen LogP contribution < -0.4 is 15.5 Å². The minimum atomic E-state index is -0.0862. The predicted octanol–water partition coefficient (Wildman–Crippen LogP) is 5.72. The van der Waals surface area contributed by atoms with Crippen LogP contribution in [-0.4, -0.2) is 18.9 Å². The molecule has 5 heteroatoms. The van der Waals surface area contributed by atoms with E-state index in [1.54, 1.807) is 13.3 Å². The summed E-state index contributed by atoms with van der Waals surface area (Å²) in [7, 11) is 1.62. The standard InChI is InChI=1S/C26H34N2O3/c1-25(2,3)19-12-20(26(4,5)6)23(31-16-30-7)13-22(19)28-15-17-14-27-21-11-9-8-10-18(21)24(17)29/h8-14,28H,15-16H2,1-7H3,(H,27,29). The highest BCUT2D eigenvalue weighted by atomic mass is 16.7. The van der Waals surface area contributed by atoms with Crippen LogP contribution in [0.1, 0.15) is 58.2 Å². The maximum absolute atomic E-state index is 12.9. The molecule has 0 aliphatic rings. The molecule has 31 heavy (non-hydrogen) atoms. The van der Waals surface area contributed by atoms with Gasteiger partial charge in [-0.2, -0.15) is 0 Å². The summed E-state index contributed by atoms with van der Waals surface area (Å²) in [5, 5.41) is 4.20. The van der Waals surface area contributed by atoms with Crippen LogP contribution in [0.3, 0.4) is 0 Å². The van der Waals surface area contributed by atoms with Crippen molar-refractivity contribution < 1.29 is 9.47 Å². The first kappa shape index (κ1) is 22.9. The highest BCUT2D eigenvalue weighted by Gasteiger charge is 2.26. The number of para-hydroxylation sites is 1. The highest BCUT2D eigenvalue weighted by molar-refractivity contribution is 5.78. The second-order valence-corrected chi connectivity index (χ2v) is 9.99. The summed E-state index contributed by atoms with van der Waals surface area (Å²) >= 11 is 0. The smallest absolute Gasteiger partial charge is 0.194 e. The quantitative estimate of drug-likeness (QED) is 0.499. The van der Waals surface area contributed by atoms with Gasteiger partial charge in [-0.3, -0.25) is 4.79 Å². The summed E-state index contributed by atoms with van der Waals surface area (Å²) in [5.41, 5.74) is 4.67. The summed E-state index contributed by atoms with van der Waals surface area (Å²) in [6, 6.07) is 11.8. The summed E-state index contributed by atoms with van der Waals surface area (Å²) in [5.74, 6) is 0.789. The first-order valence-corrected chi connectivity index (χ1v) is 10.7. The van der Waals surface area contributed by atoms with Gasteiger partial charge in [0.1, 0.15) is 5.75 Å². The zero-order chi connectivity index (χ0) is 22.8. The number of rotatable bonds is 6. The Bertz CT molecular complexity index is 1120. The van der Waals surface area contributed by atoms with E-state index in [9.17, 15) is 4.79 Å². The average Bonchev–Trinajstić information content (AvgIpc) is 2.70. The number of hydrogen-bond donors (Lipinski definition) is 2. The zero-order valence-electron chi connectivity index (χ0n) is 19.7. The van der Waals surface area contributed by atoms with Gasteiger partial charge < -0.3 is 19.8 Å². The molecule has 0 saturated heterocycles. The lowest BCUT2D eigenvalue weighted by Crippen LogP contribution is -2.21. The van der Waals surface area contributed by atoms with Gasteiger partial charge >= 0.3 is 0 Å². The lowest BCUT2D eigenvalue weighted by Gasteiger charge is -2.30. The zero-order valence-corrected chi connectivity index (χ0v) is 19.7. The van der Waals surface area contributed by atoms with Crippen LogP contribution in [-0.2, 0) is 22.1 Å². The number of ether oxygens (including phenoxy) is 2. The molecule has 166 valence electrons. The molecule has 3 rings (SSSR count). The van der Waals surface area contributed by atoms with E-state index in [-0.39, 0.29) is 23.1 Å². The van der Waals surface area contributed by atoms with Gasteiger partial charge in [-0.05, 0) is 34.6 Å². The first-order chi connectivity index (χ1) is 14.5. The molecule has 0 spiro atoms. The summed E-state index contributed by atoms with van der Waals surface area (Å²) in [6.45, 7) is 13.7. The van der Waals surface area contributed by atoms with Crippen molar-refractivity contribution in [1.82, 2.24) is 4.98 Å². The number of pyridine rings is 1. The van der Waals surface area contributed by atoms with Gasteiger partial charge in [-0.25, -0.2) is 0 Å². The Hall–Kier alpha value is -2.79. The lowest BCUT2D eigenvalue weighted by atomic mass is 9.79. The van der Waals surface area contributed by atoms with Crippen LogP contribution in [0, 0.1) is 0 Å². The van der Waals surface area contributed by atoms with Crippen LogP contribution in [0.2, 0.25) is 0 Å². The molecule has 1 aromatic heterocycles. The first-order valence-electron chi connectivity index (χ1n) is 10.7. The van der Waals surface area contributed by atoms with E-state index >= 15 is 0 Å². The number of H-pyrrole nitrogens is 1. The Morgan fingerprint density at radius 2 is 1.65 bits per heavy atom. The molecule has 0 saturated carbocycles. The van der Waals surface area contributed by atoms with Crippen molar-refractivity contribution in [1.29, 1.82) is 0 Å². The van der Waals surface area contributed by atoms with Gasteiger partial charge in [-0.1, -0.05) is 53.7 Å². The van der Waals surface area contributed by atoms with E-state index in [1.165, 1.54) is 5.56 Å². The molecule has 2 N–H and O–H groups in total. The Balaban J connectivity index is 2.03. The molecule has 0 unspecified atom stereocenters. The van der Waals surface area contributed by atoms with Crippen molar-refractivity contribution >= 4 is 16.6 Å². The number of fused-ring (bicyclic) bond motifs is 1. The number of aromatic nitrogens is 1. The molecule has 5 nitrogen and oxygen atoms in total. The molecule has 0 amide bonds. The third-order valence-corrected chi connectivity index (χ3v) is 5.40. The Kier molecular flexibility index (Phi) is 6.46. The van der Waals surface area contributed by atoms with Gasteiger partial charge in [0.2, 0.25) is 0 Å². The molecule has 0 bridgehead atoms. The third kappa shape index (κ3) is 5.10. The Labute approximate surface area is 184 Å². The molecular formula is C26H34N2O3. The highest BCUT2D eigenvalue weighted by Crippen LogP contribution is 2.40. The molecule has 2 aromatic carbocycles. The minimum absolute atomic E-state index is 0.0429. The summed E-state index contributed by atoms with van der Waals surface area (Å²) in [6.07, 6.45) is 1.79. The van der Waals surface area contributed by atoms with Gasteiger partial charge in [0, 0.05) is 53.6 Å². The van der Waals surface area contributed by atoms with Crippen molar-refractivity contribution in [2.75, 3.05) is 19.2 Å². The SMILES string of the molecule is COCOc1cc(NCc2c[nH]c3ccccc3c2=O)c(C(C)(C)C)cc1C(C)(C)C. The van der Waals surface area contributed by atoms with Crippen LogP contribution in [0.5, 0.6) is 5.75 Å². The van der Waals surface area contributed by atoms with E-state index in [0.717, 1.165) is 22.5 Å². The molecule has 0 fully saturated rings. The Morgan fingerprint density at radius 1 is 0.968 bits per heavy atom. The van der Waals surface area contributed by atoms with Crippen molar-refractivity contribution in [2.24, 2.45) is 0 Å². The van der Waals surface area contributed by atoms with E-state index < -0.39 is 0 Å². The second kappa shape index (κ2) is 8.75. The van der Waals surface area contributed by atoms with Gasteiger partial charge in [0.25, 0.3) is 0 Å². The normalized spacial score (nSPS) is 12.2. The number of methoxy groups -OCH3 is 1. The monoisotopic (exact) mass is 422 g/mol. The van der Waals surface area contributed by atoms with Gasteiger partial charge in [0.15, 0.2) is 12.2 Å². The molecule has 0 atom stereocenters. The molecule has 1 heterocycles. The topological polar surface area (TPSA) is 63.4 Å². The van der Waals surface area contributed by atoms with Crippen LogP contribution in [0.4, 0.5) is 5.69 Å². The van der Waals surface area contributed by atoms with Gasteiger partial charge in [0.05, 0.1) is 0 Å². The largest absolute Gasteiger partial charge is 0.467 e. The molecule has 0 radical (unpaired) electrons. The lowest BCUT2D eigenvalue weighted by molar-refractivity contribution is 0.0498. The molecular weight excluding hydrogens is 388 g/mol. The number of anilines is 1. The van der Waals surface area contributed by atoms with Crippen LogP contribution in [0.15, 0.2) is 47.4 Å². The maximum atomic E-state index is 12.9. The van der Waals surface area contributed by atoms with E-state index in [4.69, 9.17) is 9.47 Å². The van der Waals surface area contributed by atoms with E-state index in [0.29, 0.717) is 17.5 Å². The molecule has 3 aromatic rings. The summed E-state index contributed by atoms with van der Waals surface area (Å²) < 4.78 is 11.1. The van der Waals surface area contributed by atoms with Crippen LogP contribution in [0.25, 0.3) is 10.9 Å². The second-order valence-electron chi connectivity index (χ2n) is 9.99. The van der Waals surface area contributed by atoms with Crippen molar-refractivity contribution in [2.45, 2.75) is 58.9 Å². The van der Waals surface area contributed by atoms with Crippen molar-refractivity contribution in [3.8, 4) is 5.75 Å². The minimum Gasteiger partial charge on any atom is -0.467 e. The fraction of sp³-hybridized carbons (Fsp3) is 0.423. The number of benzene rings is 2. The fourth-order valence-corrected chi connectivity index (χ4v) is 3.71. The van der Waals surface area contributed by atoms with Crippen molar-refractivity contribution in [3.05, 3.63) is 69.5 Å². The predicted molar refractivity (Wildman–Crippen MR) is 128 cm³/mol. The van der Waals surface area contributed by atoms with Crippen LogP contribution >= 0.6 is 0 Å². The average molecular weight is 423 g/mol. The summed E-state index contributed by atoms with van der Waals surface area (Å²) in [4.78, 5) is 16.2. The number of aromatic amines is 1. The van der Waals surface area contributed by atoms with Gasteiger partial charge in [-0.15, -0.1) is 0 Å². The van der Waals surface area contributed by atoms with Crippen molar-refractivity contribution in [3.63, 3.8) is 0 Å². The molecule has 0 aliphatic heterocycles. The van der Waals surface area contributed by atoms with E-state index in [1.807, 2.05) is 30.3 Å². The Morgan fingerprint density at radius 3 is 2.29 bits per heavy atom. The molecule has 0 aliphatic carbocycles.